The molecular formula is C22H22F3N4O5-. The van der Waals surface area contributed by atoms with Crippen LogP contribution in [0.5, 0.6) is 5.75 Å². The molecule has 0 bridgehead atoms. The van der Waals surface area contributed by atoms with E-state index >= 15 is 0 Å². The summed E-state index contributed by atoms with van der Waals surface area (Å²) in [4.78, 5) is 34.1. The highest BCUT2D eigenvalue weighted by Gasteiger charge is 2.44. The van der Waals surface area contributed by atoms with Gasteiger partial charge in [-0.3, -0.25) is 9.78 Å². The number of aliphatic carboxylic acids is 1. The van der Waals surface area contributed by atoms with E-state index in [0.29, 0.717) is 32.5 Å². The summed E-state index contributed by atoms with van der Waals surface area (Å²) in [5.74, 6) is -1.85. The molecule has 1 saturated heterocycles. The van der Waals surface area contributed by atoms with Crippen molar-refractivity contribution < 1.29 is 37.4 Å². The van der Waals surface area contributed by atoms with E-state index in [1.165, 1.54) is 12.1 Å². The smallest absolute Gasteiger partial charge is 0.573 e. The third kappa shape index (κ3) is 6.67. The molecule has 12 heteroatoms. The average Bonchev–Trinajstić information content (AvgIpc) is 3.23. The topological polar surface area (TPSA) is 125 Å². The lowest BCUT2D eigenvalue weighted by Crippen LogP contribution is -2.47. The second-order valence-corrected chi connectivity index (χ2v) is 7.69. The van der Waals surface area contributed by atoms with Crippen molar-refractivity contribution in [2.24, 2.45) is 5.16 Å². The molecule has 2 aromatic rings. The summed E-state index contributed by atoms with van der Waals surface area (Å²) in [6.45, 7) is 1.02. The Bertz CT molecular complexity index is 1020. The van der Waals surface area contributed by atoms with Crippen molar-refractivity contribution in [3.63, 3.8) is 0 Å². The van der Waals surface area contributed by atoms with Gasteiger partial charge in [-0.15, -0.1) is 19.7 Å². The Balaban J connectivity index is 0.000000343. The van der Waals surface area contributed by atoms with Crippen molar-refractivity contribution in [1.82, 2.24) is 9.88 Å². The zero-order chi connectivity index (χ0) is 24.8. The van der Waals surface area contributed by atoms with Gasteiger partial charge in [0.05, 0.1) is 0 Å². The second kappa shape index (κ2) is 10.5. The van der Waals surface area contributed by atoms with Crippen LogP contribution in [0.2, 0.25) is 0 Å². The quantitative estimate of drug-likeness (QED) is 0.705. The number of carboxylic acid groups (broad SMARTS) is 1. The lowest BCUT2D eigenvalue weighted by molar-refractivity contribution is -0.274. The molecule has 2 aliphatic rings. The molecule has 0 saturated carbocycles. The first-order valence-electron chi connectivity index (χ1n) is 10.3. The van der Waals surface area contributed by atoms with Gasteiger partial charge in [0.2, 0.25) is 0 Å². The number of carbonyl (C=O) groups is 2. The number of aromatic nitrogens is 1. The van der Waals surface area contributed by atoms with Crippen LogP contribution in [0.15, 0.2) is 53.9 Å². The third-order valence-electron chi connectivity index (χ3n) is 5.34. The number of hydrogen-bond acceptors (Lipinski definition) is 6. The first-order chi connectivity index (χ1) is 16.1. The normalized spacial score (nSPS) is 16.7. The van der Waals surface area contributed by atoms with Crippen molar-refractivity contribution in [3.05, 3.63) is 65.7 Å². The molecular weight excluding hydrogens is 457 g/mol. The Morgan fingerprint density at radius 3 is 2.21 bits per heavy atom. The van der Waals surface area contributed by atoms with Crippen LogP contribution in [0.25, 0.3) is 5.73 Å². The number of amides is 1. The summed E-state index contributed by atoms with van der Waals surface area (Å²) in [5, 5.41) is 12.5. The molecule has 2 N–H and O–H groups in total. The van der Waals surface area contributed by atoms with Crippen LogP contribution < -0.4 is 4.74 Å². The highest BCUT2D eigenvalue weighted by atomic mass is 19.4. The number of ether oxygens (including phenoxy) is 1. The minimum absolute atomic E-state index is 0.0370. The number of nitrogens with zero attached hydrogens (tertiary/aromatic N) is 3. The van der Waals surface area contributed by atoms with Gasteiger partial charge < -0.3 is 25.3 Å². The van der Waals surface area contributed by atoms with Crippen molar-refractivity contribution in [1.29, 1.82) is 0 Å². The molecule has 9 nitrogen and oxygen atoms in total. The van der Waals surface area contributed by atoms with Gasteiger partial charge in [-0.2, -0.15) is 0 Å². The Morgan fingerprint density at radius 2 is 1.74 bits per heavy atom. The van der Waals surface area contributed by atoms with Crippen LogP contribution in [0.1, 0.15) is 35.2 Å². The van der Waals surface area contributed by atoms with Crippen LogP contribution in [0, 0.1) is 0 Å². The Kier molecular flexibility index (Phi) is 7.72. The van der Waals surface area contributed by atoms with E-state index in [-0.39, 0.29) is 23.6 Å². The highest BCUT2D eigenvalue weighted by molar-refractivity contribution is 6.36. The number of carboxylic acids is 1. The van der Waals surface area contributed by atoms with E-state index in [1.807, 2.05) is 12.1 Å². The van der Waals surface area contributed by atoms with E-state index in [1.54, 1.807) is 17.3 Å². The Hall–Kier alpha value is -3.67. The van der Waals surface area contributed by atoms with Crippen molar-refractivity contribution in [2.45, 2.75) is 37.8 Å². The van der Waals surface area contributed by atoms with Crippen LogP contribution >= 0.6 is 0 Å². The van der Waals surface area contributed by atoms with Gasteiger partial charge in [0.15, 0.2) is 5.71 Å². The number of carbonyl (C=O) groups excluding carboxylic acids is 1. The SMILES string of the molecule is O=C(O)C1=NOC2(CCN(C(=O)c3ccc(OC(F)(F)F)cc3)CC2)C1.[NH-]Cc1ccncc1. The highest BCUT2D eigenvalue weighted by Crippen LogP contribution is 2.35. The number of hydrogen-bond donors (Lipinski definition) is 1. The van der Waals surface area contributed by atoms with E-state index in [0.717, 1.165) is 17.7 Å². The van der Waals surface area contributed by atoms with Gasteiger partial charge >= 0.3 is 12.3 Å². The molecule has 3 heterocycles. The molecule has 0 atom stereocenters. The number of likely N-dealkylation sites (tertiary alicyclic amines) is 1. The van der Waals surface area contributed by atoms with Crippen molar-refractivity contribution in [3.8, 4) is 5.75 Å². The fraction of sp³-hybridized carbons (Fsp3) is 0.364. The fourth-order valence-corrected chi connectivity index (χ4v) is 3.50. The first-order valence-corrected chi connectivity index (χ1v) is 10.3. The molecule has 1 aromatic carbocycles. The van der Waals surface area contributed by atoms with E-state index in [2.05, 4.69) is 14.9 Å². The zero-order valence-corrected chi connectivity index (χ0v) is 17.9. The number of nitrogens with one attached hydrogen (secondary N) is 1. The van der Waals surface area contributed by atoms with E-state index < -0.39 is 23.7 Å². The zero-order valence-electron chi connectivity index (χ0n) is 17.9. The number of benzene rings is 1. The predicted molar refractivity (Wildman–Crippen MR) is 114 cm³/mol. The molecule has 0 radical (unpaired) electrons. The first kappa shape index (κ1) is 25.0. The lowest BCUT2D eigenvalue weighted by atomic mass is 9.86. The van der Waals surface area contributed by atoms with E-state index in [9.17, 15) is 22.8 Å². The number of rotatable bonds is 4. The van der Waals surface area contributed by atoms with Crippen LogP contribution in [0.4, 0.5) is 13.2 Å². The number of pyridine rings is 1. The van der Waals surface area contributed by atoms with Gasteiger partial charge in [-0.25, -0.2) is 4.79 Å². The molecule has 182 valence electrons. The van der Waals surface area contributed by atoms with E-state index in [4.69, 9.17) is 15.7 Å². The van der Waals surface area contributed by atoms with Crippen LogP contribution in [0.3, 0.4) is 0 Å². The monoisotopic (exact) mass is 479 g/mol. The number of alkyl halides is 3. The largest absolute Gasteiger partial charge is 0.674 e. The fourth-order valence-electron chi connectivity index (χ4n) is 3.50. The summed E-state index contributed by atoms with van der Waals surface area (Å²) < 4.78 is 40.2. The average molecular weight is 479 g/mol. The third-order valence-corrected chi connectivity index (χ3v) is 5.34. The molecule has 0 aliphatic carbocycles. The molecule has 0 unspecified atom stereocenters. The van der Waals surface area contributed by atoms with Crippen molar-refractivity contribution in [2.75, 3.05) is 13.1 Å². The predicted octanol–water partition coefficient (Wildman–Crippen LogP) is 4.05. The lowest BCUT2D eigenvalue weighted by Gasteiger charge is -2.37. The van der Waals surface area contributed by atoms with Gasteiger partial charge in [0.25, 0.3) is 5.91 Å². The van der Waals surface area contributed by atoms with Gasteiger partial charge in [0.1, 0.15) is 11.4 Å². The number of piperidine rings is 1. The van der Waals surface area contributed by atoms with Crippen LogP contribution in [-0.4, -0.2) is 57.6 Å². The molecule has 1 amide bonds. The maximum atomic E-state index is 12.5. The van der Waals surface area contributed by atoms with Gasteiger partial charge in [0, 0.05) is 50.3 Å². The number of oxime groups is 1. The Morgan fingerprint density at radius 1 is 1.12 bits per heavy atom. The maximum absolute atomic E-state index is 12.5. The minimum atomic E-state index is -4.79. The van der Waals surface area contributed by atoms with Gasteiger partial charge in [-0.05, 0) is 36.4 Å². The second-order valence-electron chi connectivity index (χ2n) is 7.69. The summed E-state index contributed by atoms with van der Waals surface area (Å²) in [7, 11) is 0. The Labute approximate surface area is 193 Å². The molecule has 2 aliphatic heterocycles. The summed E-state index contributed by atoms with van der Waals surface area (Å²) in [5.41, 5.74) is 7.43. The molecule has 4 rings (SSSR count). The molecule has 1 fully saturated rings. The summed E-state index contributed by atoms with van der Waals surface area (Å²) >= 11 is 0. The standard InChI is InChI=1S/C16H15F3N2O5.C6H7N2/c17-16(18,19)25-11-3-1-10(2-4-11)13(22)21-7-5-15(6-8-21)9-12(14(23)24)20-26-15;7-5-6-1-3-8-4-2-6/h1-4H,5-9H2,(H,23,24);1-4,7H,5H2/q;-1. The molecule has 1 aromatic heterocycles. The molecule has 1 spiro atoms. The summed E-state index contributed by atoms with van der Waals surface area (Å²) in [6.07, 6.45) is -0.352. The van der Waals surface area contributed by atoms with Crippen molar-refractivity contribution >= 4 is 17.6 Å². The summed E-state index contributed by atoms with van der Waals surface area (Å²) in [6, 6.07) is 8.38. The minimum Gasteiger partial charge on any atom is -0.674 e. The molecule has 34 heavy (non-hydrogen) atoms. The number of halogens is 3. The maximum Gasteiger partial charge on any atom is 0.573 e. The van der Waals surface area contributed by atoms with Gasteiger partial charge in [-0.1, -0.05) is 10.7 Å². The van der Waals surface area contributed by atoms with Crippen LogP contribution in [-0.2, 0) is 16.2 Å².